The normalized spacial score (nSPS) is 10.5. The lowest BCUT2D eigenvalue weighted by molar-refractivity contribution is 0.0697. The van der Waals surface area contributed by atoms with Gasteiger partial charge in [-0.1, -0.05) is 18.2 Å². The van der Waals surface area contributed by atoms with Gasteiger partial charge in [-0.2, -0.15) is 0 Å². The molecule has 0 aliphatic carbocycles. The van der Waals surface area contributed by atoms with Gasteiger partial charge in [-0.05, 0) is 23.6 Å². The number of hydrogen-bond acceptors (Lipinski definition) is 4. The number of carboxylic acid groups (broad SMARTS) is 1. The second-order valence-electron chi connectivity index (χ2n) is 3.90. The summed E-state index contributed by atoms with van der Waals surface area (Å²) in [6, 6.07) is 10.9. The van der Waals surface area contributed by atoms with Crippen LogP contribution in [0.5, 0.6) is 0 Å². The molecule has 0 spiro atoms. The first-order valence-corrected chi connectivity index (χ1v) is 7.33. The smallest absolute Gasteiger partial charge is 0.335 e. The van der Waals surface area contributed by atoms with Crippen molar-refractivity contribution < 1.29 is 9.90 Å². The second kappa shape index (κ2) is 4.95. The average molecular weight is 287 g/mol. The fraction of sp³-hybridized carbons (Fsp3) is 0. The van der Waals surface area contributed by atoms with E-state index in [2.05, 4.69) is 4.98 Å². The molecule has 0 fully saturated rings. The number of aromatic carboxylic acids is 1. The maximum atomic E-state index is 11.0. The zero-order valence-corrected chi connectivity index (χ0v) is 11.4. The van der Waals surface area contributed by atoms with Crippen LogP contribution in [0, 0.1) is 0 Å². The molecule has 0 saturated carbocycles. The fourth-order valence-electron chi connectivity index (χ4n) is 1.73. The highest BCUT2D eigenvalue weighted by Crippen LogP contribution is 2.31. The first-order valence-electron chi connectivity index (χ1n) is 5.57. The number of thiophene rings is 1. The molecule has 5 heteroatoms. The van der Waals surface area contributed by atoms with Crippen LogP contribution in [0.4, 0.5) is 0 Å². The summed E-state index contributed by atoms with van der Waals surface area (Å²) in [4.78, 5) is 16.6. The van der Waals surface area contributed by atoms with E-state index < -0.39 is 5.97 Å². The number of thiazole rings is 1. The van der Waals surface area contributed by atoms with E-state index in [-0.39, 0.29) is 5.56 Å². The summed E-state index contributed by atoms with van der Waals surface area (Å²) < 4.78 is 0. The van der Waals surface area contributed by atoms with Crippen molar-refractivity contribution in [1.82, 2.24) is 4.98 Å². The Labute approximate surface area is 117 Å². The molecular weight excluding hydrogens is 278 g/mol. The molecule has 19 heavy (non-hydrogen) atoms. The van der Waals surface area contributed by atoms with Crippen LogP contribution in [0.25, 0.3) is 21.1 Å². The van der Waals surface area contributed by atoms with E-state index in [0.29, 0.717) is 0 Å². The van der Waals surface area contributed by atoms with Crippen LogP contribution in [-0.2, 0) is 0 Å². The van der Waals surface area contributed by atoms with Gasteiger partial charge in [0.2, 0.25) is 0 Å². The van der Waals surface area contributed by atoms with Crippen molar-refractivity contribution in [2.45, 2.75) is 0 Å². The Balaban J connectivity index is 1.99. The highest BCUT2D eigenvalue weighted by molar-refractivity contribution is 7.20. The molecule has 0 amide bonds. The number of benzene rings is 1. The Bertz CT molecular complexity index is 717. The molecule has 0 aliphatic rings. The molecule has 1 aromatic carbocycles. The van der Waals surface area contributed by atoms with Crippen LogP contribution >= 0.6 is 22.7 Å². The van der Waals surface area contributed by atoms with Crippen molar-refractivity contribution >= 4 is 28.6 Å². The van der Waals surface area contributed by atoms with E-state index in [1.54, 1.807) is 40.9 Å². The zero-order chi connectivity index (χ0) is 13.2. The van der Waals surface area contributed by atoms with E-state index in [1.165, 1.54) is 0 Å². The van der Waals surface area contributed by atoms with E-state index >= 15 is 0 Å². The maximum Gasteiger partial charge on any atom is 0.335 e. The zero-order valence-electron chi connectivity index (χ0n) is 9.74. The topological polar surface area (TPSA) is 50.2 Å². The lowest BCUT2D eigenvalue weighted by Gasteiger charge is -1.98. The van der Waals surface area contributed by atoms with Gasteiger partial charge in [0, 0.05) is 10.9 Å². The van der Waals surface area contributed by atoms with Crippen LogP contribution in [0.3, 0.4) is 0 Å². The van der Waals surface area contributed by atoms with Crippen molar-refractivity contribution in [2.75, 3.05) is 0 Å². The summed E-state index contributed by atoms with van der Waals surface area (Å²) in [5.41, 5.74) is 1.93. The average Bonchev–Trinajstić information content (AvgIpc) is 3.09. The third-order valence-electron chi connectivity index (χ3n) is 2.64. The fourth-order valence-corrected chi connectivity index (χ4v) is 3.37. The third kappa shape index (κ3) is 2.43. The molecule has 0 aliphatic heterocycles. The first kappa shape index (κ1) is 12.1. The highest BCUT2D eigenvalue weighted by Gasteiger charge is 2.09. The Hall–Kier alpha value is -1.98. The summed E-state index contributed by atoms with van der Waals surface area (Å²) in [6.07, 6.45) is 0. The number of hydrogen-bond donors (Lipinski definition) is 1. The molecule has 0 bridgehead atoms. The summed E-state index contributed by atoms with van der Waals surface area (Å²) in [6.45, 7) is 0. The molecular formula is C14H9NO2S2. The molecule has 0 radical (unpaired) electrons. The highest BCUT2D eigenvalue weighted by atomic mass is 32.1. The van der Waals surface area contributed by atoms with Gasteiger partial charge in [0.25, 0.3) is 0 Å². The maximum absolute atomic E-state index is 11.0. The lowest BCUT2D eigenvalue weighted by Crippen LogP contribution is -1.95. The molecule has 3 aromatic rings. The molecule has 0 unspecified atom stereocenters. The summed E-state index contributed by atoms with van der Waals surface area (Å²) in [7, 11) is 0. The number of nitrogens with zero attached hydrogens (tertiary/aromatic N) is 1. The Kier molecular flexibility index (Phi) is 3.15. The SMILES string of the molecule is O=C(O)c1cccc(-c2csc(-c3cccs3)n2)c1. The van der Waals surface area contributed by atoms with Gasteiger partial charge in [-0.3, -0.25) is 0 Å². The Morgan fingerprint density at radius 3 is 2.79 bits per heavy atom. The van der Waals surface area contributed by atoms with Gasteiger partial charge < -0.3 is 5.11 Å². The minimum Gasteiger partial charge on any atom is -0.478 e. The van der Waals surface area contributed by atoms with Crippen LogP contribution in [0.2, 0.25) is 0 Å². The van der Waals surface area contributed by atoms with Crippen LogP contribution in [0.15, 0.2) is 47.2 Å². The number of rotatable bonds is 3. The van der Waals surface area contributed by atoms with Crippen LogP contribution in [-0.4, -0.2) is 16.1 Å². The quantitative estimate of drug-likeness (QED) is 0.784. The van der Waals surface area contributed by atoms with Gasteiger partial charge in [0.15, 0.2) is 0 Å². The van der Waals surface area contributed by atoms with Gasteiger partial charge in [-0.25, -0.2) is 9.78 Å². The second-order valence-corrected chi connectivity index (χ2v) is 5.71. The van der Waals surface area contributed by atoms with Crippen molar-refractivity contribution in [3.63, 3.8) is 0 Å². The third-order valence-corrected chi connectivity index (χ3v) is 4.52. The van der Waals surface area contributed by atoms with Gasteiger partial charge in [-0.15, -0.1) is 22.7 Å². The predicted octanol–water partition coefficient (Wildman–Crippen LogP) is 4.24. The molecule has 1 N–H and O–H groups in total. The van der Waals surface area contributed by atoms with Crippen molar-refractivity contribution in [1.29, 1.82) is 0 Å². The largest absolute Gasteiger partial charge is 0.478 e. The minimum atomic E-state index is -0.921. The van der Waals surface area contributed by atoms with Gasteiger partial charge in [0.1, 0.15) is 5.01 Å². The molecule has 94 valence electrons. The number of carbonyl (C=O) groups is 1. The van der Waals surface area contributed by atoms with E-state index in [1.807, 2.05) is 29.0 Å². The summed E-state index contributed by atoms with van der Waals surface area (Å²) >= 11 is 3.21. The number of carboxylic acids is 1. The van der Waals surface area contributed by atoms with Gasteiger partial charge in [0.05, 0.1) is 16.1 Å². The molecule has 3 nitrogen and oxygen atoms in total. The molecule has 0 saturated heterocycles. The first-order chi connectivity index (χ1) is 9.24. The van der Waals surface area contributed by atoms with Crippen molar-refractivity contribution in [3.05, 3.63) is 52.7 Å². The monoisotopic (exact) mass is 287 g/mol. The predicted molar refractivity (Wildman–Crippen MR) is 77.8 cm³/mol. The molecule has 3 rings (SSSR count). The Morgan fingerprint density at radius 1 is 1.16 bits per heavy atom. The minimum absolute atomic E-state index is 0.281. The standard InChI is InChI=1S/C14H9NO2S2/c16-14(17)10-4-1-3-9(7-10)11-8-19-13(15-11)12-5-2-6-18-12/h1-8H,(H,16,17). The molecule has 2 heterocycles. The molecule has 0 atom stereocenters. The van der Waals surface area contributed by atoms with E-state index in [9.17, 15) is 4.79 Å². The van der Waals surface area contributed by atoms with Crippen molar-refractivity contribution in [3.8, 4) is 21.1 Å². The summed E-state index contributed by atoms with van der Waals surface area (Å²) in [5, 5.41) is 13.9. The lowest BCUT2D eigenvalue weighted by atomic mass is 10.1. The van der Waals surface area contributed by atoms with Gasteiger partial charge >= 0.3 is 5.97 Å². The van der Waals surface area contributed by atoms with Crippen LogP contribution in [0.1, 0.15) is 10.4 Å². The van der Waals surface area contributed by atoms with E-state index in [0.717, 1.165) is 21.1 Å². The summed E-state index contributed by atoms with van der Waals surface area (Å²) in [5.74, 6) is -0.921. The number of aromatic nitrogens is 1. The molecule has 2 aromatic heterocycles. The van der Waals surface area contributed by atoms with Crippen LogP contribution < -0.4 is 0 Å². The Morgan fingerprint density at radius 2 is 2.05 bits per heavy atom. The van der Waals surface area contributed by atoms with E-state index in [4.69, 9.17) is 5.11 Å². The van der Waals surface area contributed by atoms with Crippen molar-refractivity contribution in [2.24, 2.45) is 0 Å².